The van der Waals surface area contributed by atoms with E-state index in [1.54, 1.807) is 0 Å². The lowest BCUT2D eigenvalue weighted by Gasteiger charge is -2.55. The Labute approximate surface area is 224 Å². The van der Waals surface area contributed by atoms with Gasteiger partial charge in [0.2, 0.25) is 0 Å². The second kappa shape index (κ2) is 12.1. The zero-order valence-corrected chi connectivity index (χ0v) is 23.9. The Bertz CT molecular complexity index is 839. The molecule has 2 unspecified atom stereocenters. The summed E-state index contributed by atoms with van der Waals surface area (Å²) in [5, 5.41) is 0. The molecule has 0 heterocycles. The molecule has 6 nitrogen and oxygen atoms in total. The van der Waals surface area contributed by atoms with Crippen LogP contribution in [0.15, 0.2) is 11.6 Å². The van der Waals surface area contributed by atoms with Crippen LogP contribution in [0.1, 0.15) is 98.3 Å². The van der Waals surface area contributed by atoms with E-state index in [1.807, 2.05) is 0 Å². The number of allylic oxidation sites excluding steroid dienone is 1. The normalized spacial score (nSPS) is 36.5. The number of rotatable bonds is 9. The summed E-state index contributed by atoms with van der Waals surface area (Å²) in [5.41, 5.74) is 7.37. The Kier molecular flexibility index (Phi) is 9.30. The molecular formula is C31H51NO5. The minimum atomic E-state index is -0.987. The third-order valence-electron chi connectivity index (χ3n) is 10.8. The molecule has 0 aliphatic heterocycles. The van der Waals surface area contributed by atoms with E-state index in [1.165, 1.54) is 64.0 Å². The van der Waals surface area contributed by atoms with Gasteiger partial charge in [0.1, 0.15) is 18.8 Å². The van der Waals surface area contributed by atoms with Gasteiger partial charge in [-0.1, -0.05) is 58.6 Å². The zero-order valence-electron chi connectivity index (χ0n) is 23.9. The van der Waals surface area contributed by atoms with E-state index in [0.29, 0.717) is 0 Å². The first-order valence-corrected chi connectivity index (χ1v) is 15.0. The van der Waals surface area contributed by atoms with E-state index in [0.717, 1.165) is 60.7 Å². The molecule has 9 atom stereocenters. The summed E-state index contributed by atoms with van der Waals surface area (Å²) in [6.07, 6.45) is 15.3. The van der Waals surface area contributed by atoms with Crippen molar-refractivity contribution < 1.29 is 23.8 Å². The first kappa shape index (κ1) is 28.4. The first-order chi connectivity index (χ1) is 17.6. The number of methoxy groups -OCH3 is 1. The van der Waals surface area contributed by atoms with Crippen molar-refractivity contribution in [2.75, 3.05) is 13.7 Å². The van der Waals surface area contributed by atoms with Crippen LogP contribution >= 0.6 is 0 Å². The van der Waals surface area contributed by atoms with Crippen LogP contribution in [-0.2, 0) is 19.0 Å². The molecule has 0 spiro atoms. The molecule has 210 valence electrons. The topological polar surface area (TPSA) is 87.9 Å². The molecule has 0 aromatic heterocycles. The highest BCUT2D eigenvalue weighted by Gasteiger charge is 2.54. The predicted octanol–water partition coefficient (Wildman–Crippen LogP) is 6.66. The number of hydrogen-bond donors (Lipinski definition) is 1. The van der Waals surface area contributed by atoms with Gasteiger partial charge in [0, 0.05) is 6.42 Å². The molecule has 0 aromatic rings. The average Bonchev–Trinajstić information content (AvgIpc) is 3.31. The van der Waals surface area contributed by atoms with Crippen LogP contribution in [-0.4, -0.2) is 38.0 Å². The van der Waals surface area contributed by atoms with Crippen molar-refractivity contribution in [1.29, 1.82) is 0 Å². The van der Waals surface area contributed by atoms with Gasteiger partial charge in [0.15, 0.2) is 0 Å². The Balaban J connectivity index is 1.32. The Morgan fingerprint density at radius 2 is 1.81 bits per heavy atom. The lowest BCUT2D eigenvalue weighted by Crippen LogP contribution is -2.48. The van der Waals surface area contributed by atoms with E-state index in [4.69, 9.17) is 15.2 Å². The molecule has 3 fully saturated rings. The minimum absolute atomic E-state index is 0.170. The van der Waals surface area contributed by atoms with Crippen LogP contribution in [0.3, 0.4) is 0 Å². The van der Waals surface area contributed by atoms with E-state index in [2.05, 4.69) is 38.5 Å². The van der Waals surface area contributed by atoms with Gasteiger partial charge in [-0.15, -0.1) is 0 Å². The van der Waals surface area contributed by atoms with Gasteiger partial charge in [-0.3, -0.25) is 4.79 Å². The maximum atomic E-state index is 12.2. The smallest absolute Gasteiger partial charge is 0.468 e. The van der Waals surface area contributed by atoms with Gasteiger partial charge in [0.25, 0.3) is 0 Å². The molecule has 37 heavy (non-hydrogen) atoms. The standard InChI is InChI=1S/C31H51NO5/c1-19(2)7-6-8-20(3)23-11-12-25-24(23)13-14-27-26(25)10-9-21-17-22(15-16-31(21,27)4)37-30(34)36-18-28(32)29(33)35-5/h9,19-20,22-28H,6-8,10-18,32H2,1-5H3/t20-,22?,23-,24-,25-,26+,27+,28?,31+/m1/s1. The van der Waals surface area contributed by atoms with Gasteiger partial charge in [-0.2, -0.15) is 0 Å². The Morgan fingerprint density at radius 3 is 2.54 bits per heavy atom. The fraction of sp³-hybridized carbons (Fsp3) is 0.871. The van der Waals surface area contributed by atoms with E-state index in [-0.39, 0.29) is 18.1 Å². The Hall–Kier alpha value is -1.56. The van der Waals surface area contributed by atoms with Crippen molar-refractivity contribution >= 4 is 12.1 Å². The summed E-state index contributed by atoms with van der Waals surface area (Å²) in [5.74, 6) is 5.42. The van der Waals surface area contributed by atoms with E-state index < -0.39 is 18.2 Å². The van der Waals surface area contributed by atoms with Crippen molar-refractivity contribution in [2.24, 2.45) is 52.6 Å². The molecule has 4 aliphatic carbocycles. The van der Waals surface area contributed by atoms with Crippen molar-refractivity contribution in [3.63, 3.8) is 0 Å². The van der Waals surface area contributed by atoms with Gasteiger partial charge in [-0.05, 0) is 91.8 Å². The quantitative estimate of drug-likeness (QED) is 0.272. The third-order valence-corrected chi connectivity index (χ3v) is 10.8. The van der Waals surface area contributed by atoms with Crippen molar-refractivity contribution in [1.82, 2.24) is 0 Å². The molecule has 0 amide bonds. The highest BCUT2D eigenvalue weighted by molar-refractivity contribution is 5.75. The van der Waals surface area contributed by atoms with E-state index in [9.17, 15) is 9.59 Å². The summed E-state index contributed by atoms with van der Waals surface area (Å²) in [6, 6.07) is -0.987. The minimum Gasteiger partial charge on any atom is -0.468 e. The maximum Gasteiger partial charge on any atom is 0.508 e. The van der Waals surface area contributed by atoms with Crippen LogP contribution in [0.25, 0.3) is 0 Å². The molecule has 0 radical (unpaired) electrons. The highest BCUT2D eigenvalue weighted by atomic mass is 16.7. The summed E-state index contributed by atoms with van der Waals surface area (Å²) < 4.78 is 15.3. The zero-order chi connectivity index (χ0) is 26.7. The number of esters is 1. The number of hydrogen-bond acceptors (Lipinski definition) is 6. The summed E-state index contributed by atoms with van der Waals surface area (Å²) in [6.45, 7) is 9.48. The SMILES string of the molecule is COC(=O)C(N)COC(=O)OC1CC[C@@]2(C)C(=CC[C@H]3[C@@H]4CC[C@H]([C@H](C)CCCC(C)C)[C@H]4CC[C@@H]32)C1. The number of nitrogens with two attached hydrogens (primary N) is 1. The van der Waals surface area contributed by atoms with Crippen molar-refractivity contribution in [3.05, 3.63) is 11.6 Å². The second-order valence-electron chi connectivity index (χ2n) is 13.3. The molecular weight excluding hydrogens is 466 g/mol. The fourth-order valence-electron chi connectivity index (χ4n) is 8.74. The van der Waals surface area contributed by atoms with Gasteiger partial charge in [-0.25, -0.2) is 4.79 Å². The molecule has 4 rings (SSSR count). The molecule has 2 N–H and O–H groups in total. The molecule has 4 aliphatic rings. The van der Waals surface area contributed by atoms with Crippen molar-refractivity contribution in [3.8, 4) is 0 Å². The summed E-state index contributed by atoms with van der Waals surface area (Å²) >= 11 is 0. The molecule has 6 heteroatoms. The van der Waals surface area contributed by atoms with E-state index >= 15 is 0 Å². The number of ether oxygens (including phenoxy) is 3. The molecule has 3 saturated carbocycles. The number of carbonyl (C=O) groups is 2. The largest absolute Gasteiger partial charge is 0.508 e. The van der Waals surface area contributed by atoms with Crippen LogP contribution in [0.2, 0.25) is 0 Å². The number of fused-ring (bicyclic) bond motifs is 5. The third kappa shape index (κ3) is 6.20. The second-order valence-corrected chi connectivity index (χ2v) is 13.3. The Morgan fingerprint density at radius 1 is 1.05 bits per heavy atom. The van der Waals surface area contributed by atoms with Crippen molar-refractivity contribution in [2.45, 2.75) is 110 Å². The van der Waals surface area contributed by atoms with Gasteiger partial charge in [0.05, 0.1) is 7.11 Å². The molecule has 0 aromatic carbocycles. The van der Waals surface area contributed by atoms with Crippen LogP contribution in [0, 0.1) is 46.8 Å². The average molecular weight is 518 g/mol. The first-order valence-electron chi connectivity index (χ1n) is 15.0. The maximum absolute atomic E-state index is 12.2. The van der Waals surface area contributed by atoms with Gasteiger partial charge < -0.3 is 19.9 Å². The monoisotopic (exact) mass is 517 g/mol. The highest BCUT2D eigenvalue weighted by Crippen LogP contribution is 2.63. The summed E-state index contributed by atoms with van der Waals surface area (Å²) in [7, 11) is 1.26. The van der Waals surface area contributed by atoms with Crippen LogP contribution in [0.5, 0.6) is 0 Å². The van der Waals surface area contributed by atoms with Crippen LogP contribution < -0.4 is 5.73 Å². The predicted molar refractivity (Wildman–Crippen MR) is 145 cm³/mol. The lowest BCUT2D eigenvalue weighted by molar-refractivity contribution is -0.143. The fourth-order valence-corrected chi connectivity index (χ4v) is 8.74. The van der Waals surface area contributed by atoms with Gasteiger partial charge >= 0.3 is 12.1 Å². The number of carbonyl (C=O) groups excluding carboxylic acids is 2. The molecule has 0 saturated heterocycles. The lowest BCUT2D eigenvalue weighted by atomic mass is 9.50. The summed E-state index contributed by atoms with van der Waals surface area (Å²) in [4.78, 5) is 23.7. The molecule has 0 bridgehead atoms. The van der Waals surface area contributed by atoms with Crippen LogP contribution in [0.4, 0.5) is 4.79 Å².